The Morgan fingerprint density at radius 2 is 2.00 bits per heavy atom. The van der Waals surface area contributed by atoms with Crippen molar-refractivity contribution in [3.63, 3.8) is 0 Å². The Hall–Kier alpha value is -1.26. The van der Waals surface area contributed by atoms with Crippen molar-refractivity contribution in [2.45, 2.75) is 58.5 Å². The lowest BCUT2D eigenvalue weighted by Crippen LogP contribution is -2.56. The van der Waals surface area contributed by atoms with E-state index >= 15 is 0 Å². The van der Waals surface area contributed by atoms with Gasteiger partial charge in [0, 0.05) is 12.6 Å². The summed E-state index contributed by atoms with van der Waals surface area (Å²) in [5.74, 6) is -0.411. The summed E-state index contributed by atoms with van der Waals surface area (Å²) in [5.41, 5.74) is -1.17. The van der Waals surface area contributed by atoms with Gasteiger partial charge in [-0.3, -0.25) is 0 Å². The number of urea groups is 1. The summed E-state index contributed by atoms with van der Waals surface area (Å²) in [4.78, 5) is 24.6. The highest BCUT2D eigenvalue weighted by Gasteiger charge is 2.42. The minimum absolute atomic E-state index is 0.232. The summed E-state index contributed by atoms with van der Waals surface area (Å²) >= 11 is 0. The average molecular weight is 256 g/mol. The van der Waals surface area contributed by atoms with E-state index in [1.54, 1.807) is 20.8 Å². The maximum atomic E-state index is 12.1. The number of carboxylic acids is 1. The molecule has 1 aliphatic rings. The van der Waals surface area contributed by atoms with Gasteiger partial charge in [0.25, 0.3) is 0 Å². The lowest BCUT2D eigenvalue weighted by atomic mass is 10.0. The van der Waals surface area contributed by atoms with Gasteiger partial charge in [-0.05, 0) is 39.5 Å². The normalized spacial score (nSPS) is 22.4. The minimum atomic E-state index is -1.17. The molecule has 0 radical (unpaired) electrons. The Bertz CT molecular complexity index is 328. The maximum absolute atomic E-state index is 12.1. The molecule has 0 spiro atoms. The molecule has 1 aliphatic carbocycles. The average Bonchev–Trinajstić information content (AvgIpc) is 2.97. The van der Waals surface area contributed by atoms with E-state index in [1.165, 1.54) is 4.90 Å². The summed E-state index contributed by atoms with van der Waals surface area (Å²) < 4.78 is 0. The van der Waals surface area contributed by atoms with Crippen molar-refractivity contribution in [2.75, 3.05) is 6.54 Å². The molecule has 18 heavy (non-hydrogen) atoms. The van der Waals surface area contributed by atoms with E-state index in [0.29, 0.717) is 12.5 Å². The summed E-state index contributed by atoms with van der Waals surface area (Å²) in [6.45, 7) is 7.41. The Kier molecular flexibility index (Phi) is 4.59. The van der Waals surface area contributed by atoms with E-state index in [2.05, 4.69) is 12.2 Å². The summed E-state index contributed by atoms with van der Waals surface area (Å²) in [6, 6.07) is -0.0374. The number of hydrogen-bond acceptors (Lipinski definition) is 2. The maximum Gasteiger partial charge on any atom is 0.329 e. The van der Waals surface area contributed by atoms with Gasteiger partial charge in [-0.1, -0.05) is 13.3 Å². The number of nitrogens with zero attached hydrogens (tertiary/aromatic N) is 1. The number of likely N-dealkylation sites (N-methyl/N-ethyl adjacent to an activating group) is 1. The van der Waals surface area contributed by atoms with Crippen LogP contribution >= 0.6 is 0 Å². The molecule has 1 saturated carbocycles. The number of aliphatic carboxylic acids is 1. The molecule has 5 nitrogen and oxygen atoms in total. The fourth-order valence-electron chi connectivity index (χ4n) is 2.26. The summed E-state index contributed by atoms with van der Waals surface area (Å²) in [5, 5.41) is 12.1. The molecular formula is C13H24N2O3. The van der Waals surface area contributed by atoms with Crippen molar-refractivity contribution in [1.82, 2.24) is 10.2 Å². The van der Waals surface area contributed by atoms with Crippen LogP contribution in [0.15, 0.2) is 0 Å². The van der Waals surface area contributed by atoms with Gasteiger partial charge >= 0.3 is 12.0 Å². The molecule has 5 heteroatoms. The molecule has 0 bridgehead atoms. The van der Waals surface area contributed by atoms with Crippen molar-refractivity contribution in [3.8, 4) is 0 Å². The fraction of sp³-hybridized carbons (Fsp3) is 0.846. The van der Waals surface area contributed by atoms with E-state index in [4.69, 9.17) is 5.11 Å². The van der Waals surface area contributed by atoms with Crippen LogP contribution in [-0.4, -0.2) is 40.1 Å². The van der Waals surface area contributed by atoms with Gasteiger partial charge in [0.05, 0.1) is 0 Å². The second kappa shape index (κ2) is 5.59. The molecule has 0 heterocycles. The van der Waals surface area contributed by atoms with Gasteiger partial charge in [0.1, 0.15) is 5.54 Å². The zero-order valence-electron chi connectivity index (χ0n) is 11.7. The number of carbonyl (C=O) groups is 2. The first-order valence-corrected chi connectivity index (χ1v) is 6.66. The number of carboxylic acid groups (broad SMARTS) is 1. The summed E-state index contributed by atoms with van der Waals surface area (Å²) in [6.07, 6.45) is 3.26. The monoisotopic (exact) mass is 256 g/mol. The van der Waals surface area contributed by atoms with Crippen molar-refractivity contribution >= 4 is 12.0 Å². The van der Waals surface area contributed by atoms with Crippen LogP contribution in [0.5, 0.6) is 0 Å². The van der Waals surface area contributed by atoms with Crippen LogP contribution in [0.2, 0.25) is 0 Å². The van der Waals surface area contributed by atoms with E-state index < -0.39 is 11.5 Å². The molecule has 2 N–H and O–H groups in total. The predicted molar refractivity (Wildman–Crippen MR) is 69.4 cm³/mol. The quantitative estimate of drug-likeness (QED) is 0.764. The Balaban J connectivity index is 2.56. The first-order chi connectivity index (χ1) is 8.34. The number of carbonyl (C=O) groups excluding carboxylic acids is 1. The third kappa shape index (κ3) is 3.15. The summed E-state index contributed by atoms with van der Waals surface area (Å²) in [7, 11) is 0. The highest BCUT2D eigenvalue weighted by molar-refractivity contribution is 5.85. The van der Waals surface area contributed by atoms with Crippen LogP contribution in [-0.2, 0) is 4.79 Å². The van der Waals surface area contributed by atoms with Crippen molar-refractivity contribution in [1.29, 1.82) is 0 Å². The molecule has 0 saturated heterocycles. The third-order valence-corrected chi connectivity index (χ3v) is 3.65. The smallest absolute Gasteiger partial charge is 0.329 e. The van der Waals surface area contributed by atoms with E-state index in [9.17, 15) is 9.59 Å². The van der Waals surface area contributed by atoms with Crippen LogP contribution in [0.25, 0.3) is 0 Å². The van der Waals surface area contributed by atoms with E-state index in [1.807, 2.05) is 0 Å². The highest BCUT2D eigenvalue weighted by Crippen LogP contribution is 2.34. The molecule has 0 aromatic rings. The zero-order chi connectivity index (χ0) is 13.9. The Morgan fingerprint density at radius 1 is 1.39 bits per heavy atom. The fourth-order valence-corrected chi connectivity index (χ4v) is 2.26. The van der Waals surface area contributed by atoms with Gasteiger partial charge in [-0.2, -0.15) is 0 Å². The largest absolute Gasteiger partial charge is 0.480 e. The van der Waals surface area contributed by atoms with Crippen molar-refractivity contribution in [2.24, 2.45) is 5.92 Å². The zero-order valence-corrected chi connectivity index (χ0v) is 11.7. The molecule has 0 aromatic heterocycles. The molecular weight excluding hydrogens is 232 g/mol. The number of nitrogens with one attached hydrogen (secondary N) is 1. The number of rotatable bonds is 6. The molecule has 104 valence electrons. The van der Waals surface area contributed by atoms with Crippen LogP contribution in [0, 0.1) is 5.92 Å². The second-order valence-electron chi connectivity index (χ2n) is 5.45. The van der Waals surface area contributed by atoms with Crippen LogP contribution in [0.3, 0.4) is 0 Å². The minimum Gasteiger partial charge on any atom is -0.480 e. The number of hydrogen-bond donors (Lipinski definition) is 2. The van der Waals surface area contributed by atoms with Gasteiger partial charge in [0.15, 0.2) is 0 Å². The van der Waals surface area contributed by atoms with Crippen LogP contribution in [0.1, 0.15) is 47.0 Å². The predicted octanol–water partition coefficient (Wildman–Crippen LogP) is 2.07. The molecule has 2 unspecified atom stereocenters. The SMILES string of the molecule is CCCC1CC1NC(=O)N(CC)C(C)(C)C(=O)O. The third-order valence-electron chi connectivity index (χ3n) is 3.65. The highest BCUT2D eigenvalue weighted by atomic mass is 16.4. The van der Waals surface area contributed by atoms with E-state index in [0.717, 1.165) is 19.3 Å². The first kappa shape index (κ1) is 14.8. The lowest BCUT2D eigenvalue weighted by molar-refractivity contribution is -0.147. The van der Waals surface area contributed by atoms with E-state index in [-0.39, 0.29) is 12.1 Å². The van der Waals surface area contributed by atoms with Gasteiger partial charge in [-0.25, -0.2) is 9.59 Å². The molecule has 1 fully saturated rings. The molecule has 0 aromatic carbocycles. The molecule has 2 atom stereocenters. The molecule has 0 aliphatic heterocycles. The van der Waals surface area contributed by atoms with Crippen LogP contribution in [0.4, 0.5) is 4.79 Å². The standard InChI is InChI=1S/C13H24N2O3/c1-5-7-9-8-10(9)14-12(18)15(6-2)13(3,4)11(16)17/h9-10H,5-8H2,1-4H3,(H,14,18)(H,16,17). The second-order valence-corrected chi connectivity index (χ2v) is 5.45. The molecule has 1 rings (SSSR count). The van der Waals surface area contributed by atoms with Gasteiger partial charge in [-0.15, -0.1) is 0 Å². The van der Waals surface area contributed by atoms with Crippen LogP contribution < -0.4 is 5.32 Å². The van der Waals surface area contributed by atoms with Gasteiger partial charge in [0.2, 0.25) is 0 Å². The topological polar surface area (TPSA) is 69.6 Å². The van der Waals surface area contributed by atoms with Crippen molar-refractivity contribution in [3.05, 3.63) is 0 Å². The molecule has 2 amide bonds. The number of amides is 2. The lowest BCUT2D eigenvalue weighted by Gasteiger charge is -2.34. The Labute approximate surface area is 109 Å². The van der Waals surface area contributed by atoms with Crippen molar-refractivity contribution < 1.29 is 14.7 Å². The first-order valence-electron chi connectivity index (χ1n) is 6.66. The Morgan fingerprint density at radius 3 is 2.44 bits per heavy atom. The van der Waals surface area contributed by atoms with Gasteiger partial charge < -0.3 is 15.3 Å².